The molecule has 1 N–H and O–H groups in total. The van der Waals surface area contributed by atoms with Crippen LogP contribution in [0, 0.1) is 0 Å². The number of phosphoric ester groups is 1. The molecule has 0 fully saturated rings. The molecule has 2 atom stereocenters. The number of unbranched alkanes of at least 4 members (excludes halogenated alkanes) is 5. The number of nitrogens with zero attached hydrogens (tertiary/aromatic N) is 1. The highest BCUT2D eigenvalue weighted by atomic mass is 31.2. The number of ether oxygens (including phenoxy) is 2. The van der Waals surface area contributed by atoms with E-state index in [0.717, 1.165) is 103 Å². The molecule has 0 aromatic rings. The van der Waals surface area contributed by atoms with Crippen molar-refractivity contribution in [2.45, 2.75) is 148 Å². The Kier molecular flexibility index (Phi) is 41.7. The second-order valence-corrected chi connectivity index (χ2v) is 17.8. The molecule has 0 aliphatic carbocycles. The Morgan fingerprint density at radius 1 is 0.484 bits per heavy atom. The number of likely N-dealkylation sites (N-methyl/N-ethyl adjacent to an activating group) is 1. The summed E-state index contributed by atoms with van der Waals surface area (Å²) in [6.07, 6.45) is 63.8. The van der Waals surface area contributed by atoms with Crippen LogP contribution in [0.4, 0.5) is 0 Å². The maximum atomic E-state index is 12.7. The number of hydrogen-bond donors (Lipinski definition) is 1. The quantitative estimate of drug-likeness (QED) is 0.0212. The zero-order valence-electron chi connectivity index (χ0n) is 40.4. The van der Waals surface area contributed by atoms with Crippen molar-refractivity contribution in [2.24, 2.45) is 0 Å². The molecule has 0 saturated heterocycles. The van der Waals surface area contributed by atoms with Gasteiger partial charge in [-0.3, -0.25) is 18.6 Å². The van der Waals surface area contributed by atoms with Crippen molar-refractivity contribution in [3.63, 3.8) is 0 Å². The minimum Gasteiger partial charge on any atom is -0.462 e. The van der Waals surface area contributed by atoms with Gasteiger partial charge in [0.25, 0.3) is 0 Å². The zero-order valence-corrected chi connectivity index (χ0v) is 41.3. The zero-order chi connectivity index (χ0) is 47.1. The molecule has 0 aromatic heterocycles. The van der Waals surface area contributed by atoms with Crippen LogP contribution < -0.4 is 0 Å². The van der Waals surface area contributed by atoms with Crippen molar-refractivity contribution >= 4 is 19.8 Å². The Hall–Kier alpha value is -3.85. The summed E-state index contributed by atoms with van der Waals surface area (Å²) >= 11 is 0. The summed E-state index contributed by atoms with van der Waals surface area (Å²) < 4.78 is 34.2. The van der Waals surface area contributed by atoms with E-state index in [9.17, 15) is 19.0 Å². The monoisotopic (exact) mass is 909 g/mol. The highest BCUT2D eigenvalue weighted by Gasteiger charge is 2.27. The van der Waals surface area contributed by atoms with Crippen LogP contribution in [0.25, 0.3) is 0 Å². The molecule has 0 aliphatic rings. The van der Waals surface area contributed by atoms with Gasteiger partial charge in [0.1, 0.15) is 19.8 Å². The molecule has 9 nitrogen and oxygen atoms in total. The second kappa shape index (κ2) is 44.4. The Morgan fingerprint density at radius 3 is 1.31 bits per heavy atom. The largest absolute Gasteiger partial charge is 0.472 e. The van der Waals surface area contributed by atoms with Gasteiger partial charge < -0.3 is 18.9 Å². The molecule has 2 unspecified atom stereocenters. The van der Waals surface area contributed by atoms with Gasteiger partial charge in [0.15, 0.2) is 6.10 Å². The average molecular weight is 909 g/mol. The summed E-state index contributed by atoms with van der Waals surface area (Å²) in [6, 6.07) is 0. The van der Waals surface area contributed by atoms with E-state index in [1.54, 1.807) is 0 Å². The lowest BCUT2D eigenvalue weighted by Gasteiger charge is -2.24. The lowest BCUT2D eigenvalue weighted by Crippen LogP contribution is -2.37. The first kappa shape index (κ1) is 60.2. The molecule has 360 valence electrons. The number of carbonyl (C=O) groups is 2. The predicted molar refractivity (Wildman–Crippen MR) is 270 cm³/mol. The van der Waals surface area contributed by atoms with Crippen molar-refractivity contribution in [1.82, 2.24) is 0 Å². The molecule has 10 heteroatoms. The van der Waals surface area contributed by atoms with E-state index in [-0.39, 0.29) is 26.1 Å². The van der Waals surface area contributed by atoms with Gasteiger partial charge in [0.05, 0.1) is 27.7 Å². The van der Waals surface area contributed by atoms with Gasteiger partial charge in [-0.1, -0.05) is 167 Å². The maximum absolute atomic E-state index is 12.7. The highest BCUT2D eigenvalue weighted by molar-refractivity contribution is 7.47. The van der Waals surface area contributed by atoms with Crippen molar-refractivity contribution in [1.29, 1.82) is 0 Å². The molecule has 0 aliphatic heterocycles. The molecular weight excluding hydrogens is 822 g/mol. The average Bonchev–Trinajstić information content (AvgIpc) is 3.25. The van der Waals surface area contributed by atoms with Crippen LogP contribution in [0.3, 0.4) is 0 Å². The molecule has 0 bridgehead atoms. The number of rotatable bonds is 41. The van der Waals surface area contributed by atoms with Crippen LogP contribution >= 0.6 is 7.82 Å². The molecule has 0 rings (SSSR count). The van der Waals surface area contributed by atoms with Crippen molar-refractivity contribution in [3.8, 4) is 0 Å². The van der Waals surface area contributed by atoms with E-state index in [2.05, 4.69) is 135 Å². The summed E-state index contributed by atoms with van der Waals surface area (Å²) in [6.45, 7) is 4.04. The number of phosphoric acid groups is 1. The van der Waals surface area contributed by atoms with Crippen molar-refractivity contribution in [2.75, 3.05) is 47.5 Å². The summed E-state index contributed by atoms with van der Waals surface area (Å²) in [4.78, 5) is 35.4. The van der Waals surface area contributed by atoms with E-state index in [0.29, 0.717) is 23.9 Å². The van der Waals surface area contributed by atoms with Crippen LogP contribution in [0.1, 0.15) is 142 Å². The van der Waals surface area contributed by atoms with Crippen molar-refractivity contribution in [3.05, 3.63) is 134 Å². The van der Waals surface area contributed by atoms with Gasteiger partial charge in [-0.15, -0.1) is 0 Å². The number of carbonyl (C=O) groups excluding carboxylic acids is 2. The molecular formula is C54H87NO8P+. The van der Waals surface area contributed by atoms with E-state index in [1.807, 2.05) is 33.3 Å². The standard InChI is InChI=1S/C54H86NO8P/c1-6-8-10-12-14-16-18-20-21-22-23-24-25-26-27-28-29-30-31-32-33-35-37-39-41-43-45-47-54(57)63-52(51-62-64(58,59)61-49-48-55(3,4)5)50-60-53(56)46-44-42-40-38-36-34-19-17-15-13-11-9-7-2/h8-11,14-17,20-21,23-24,26-27,29-30,32-34,36,40,42,52H,6-7,12-13,18-19,22,25,28,31,35,37-39,41,43-51H2,1-5H3/p+1/b10-8-,11-9-,16-14-,17-15-,21-20-,24-23-,27-26-,30-29-,33-32-,36-34-,42-40-. The Labute approximate surface area is 390 Å². The minimum atomic E-state index is -4.41. The van der Waals surface area contributed by atoms with E-state index in [4.69, 9.17) is 18.5 Å². The number of allylic oxidation sites excluding steroid dienone is 22. The fourth-order valence-corrected chi connectivity index (χ4v) is 6.28. The second-order valence-electron chi connectivity index (χ2n) is 16.4. The van der Waals surface area contributed by atoms with Crippen LogP contribution in [0.2, 0.25) is 0 Å². The van der Waals surface area contributed by atoms with E-state index in [1.165, 1.54) is 0 Å². The number of esters is 2. The number of hydrogen-bond acceptors (Lipinski definition) is 7. The van der Waals surface area contributed by atoms with Crippen molar-refractivity contribution < 1.29 is 42.1 Å². The van der Waals surface area contributed by atoms with Crippen LogP contribution in [0.15, 0.2) is 134 Å². The van der Waals surface area contributed by atoms with Gasteiger partial charge >= 0.3 is 19.8 Å². The van der Waals surface area contributed by atoms with E-state index >= 15 is 0 Å². The maximum Gasteiger partial charge on any atom is 0.472 e. The topological polar surface area (TPSA) is 108 Å². The number of quaternary nitrogens is 1. The molecule has 0 heterocycles. The first-order valence-corrected chi connectivity index (χ1v) is 25.4. The third kappa shape index (κ3) is 47.6. The smallest absolute Gasteiger partial charge is 0.462 e. The summed E-state index contributed by atoms with van der Waals surface area (Å²) in [5, 5.41) is 0. The highest BCUT2D eigenvalue weighted by Crippen LogP contribution is 2.43. The van der Waals surface area contributed by atoms with E-state index < -0.39 is 32.5 Å². The normalized spacial score (nSPS) is 14.7. The first-order chi connectivity index (χ1) is 31.0. The fraction of sp³-hybridized carbons (Fsp3) is 0.556. The third-order valence-corrected chi connectivity index (χ3v) is 10.2. The van der Waals surface area contributed by atoms with Gasteiger partial charge in [0.2, 0.25) is 0 Å². The molecule has 0 amide bonds. The summed E-state index contributed by atoms with van der Waals surface area (Å²) in [5.74, 6) is -0.932. The molecule has 0 saturated carbocycles. The molecule has 0 aromatic carbocycles. The first-order valence-electron chi connectivity index (χ1n) is 23.9. The lowest BCUT2D eigenvalue weighted by atomic mass is 10.1. The molecule has 0 radical (unpaired) electrons. The van der Waals surface area contributed by atoms with Gasteiger partial charge in [-0.05, 0) is 96.3 Å². The van der Waals surface area contributed by atoms with Crippen LogP contribution in [-0.4, -0.2) is 74.9 Å². The van der Waals surface area contributed by atoms with Gasteiger partial charge in [-0.25, -0.2) is 4.57 Å². The van der Waals surface area contributed by atoms with Crippen LogP contribution in [-0.2, 0) is 32.7 Å². The Balaban J connectivity index is 4.40. The lowest BCUT2D eigenvalue weighted by molar-refractivity contribution is -0.870. The van der Waals surface area contributed by atoms with Crippen LogP contribution in [0.5, 0.6) is 0 Å². The Bertz CT molecular complexity index is 1540. The predicted octanol–water partition coefficient (Wildman–Crippen LogP) is 14.2. The molecule has 0 spiro atoms. The van der Waals surface area contributed by atoms with Gasteiger partial charge in [-0.2, -0.15) is 0 Å². The molecule has 64 heavy (non-hydrogen) atoms. The SMILES string of the molecule is CC/C=C\C/C=C\C/C=C\C/C=C\C/C=C\C/C=C\C/C=C\CCCCCCCC(=O)OC(COC(=O)CC/C=C\C/C=C\C/C=C\C/C=C\CC)COP(=O)(O)OCC[N+](C)(C)C. The Morgan fingerprint density at radius 2 is 0.875 bits per heavy atom. The summed E-state index contributed by atoms with van der Waals surface area (Å²) in [7, 11) is 1.40. The third-order valence-electron chi connectivity index (χ3n) is 9.19. The fourth-order valence-electron chi connectivity index (χ4n) is 5.53. The minimum absolute atomic E-state index is 0.00856. The summed E-state index contributed by atoms with van der Waals surface area (Å²) in [5.41, 5.74) is 0. The van der Waals surface area contributed by atoms with Gasteiger partial charge in [0, 0.05) is 12.8 Å².